The topological polar surface area (TPSA) is 72.5 Å². The normalized spacial score (nSPS) is 11.4. The highest BCUT2D eigenvalue weighted by Gasteiger charge is 2.17. The number of benzene rings is 1. The molecule has 0 spiro atoms. The SMILES string of the molecule is O=Nc1c2cccnc2n2nnc3ccc(Cl)cc3c12. The minimum absolute atomic E-state index is 0.301. The van der Waals surface area contributed by atoms with Gasteiger partial charge in [0.05, 0.1) is 10.9 Å². The fourth-order valence-corrected chi connectivity index (χ4v) is 2.56. The number of aromatic nitrogens is 4. The van der Waals surface area contributed by atoms with Gasteiger partial charge in [0.15, 0.2) is 5.65 Å². The molecule has 0 atom stereocenters. The maximum atomic E-state index is 11.3. The number of halogens is 1. The molecular formula is C13H6ClN5O. The van der Waals surface area contributed by atoms with Crippen molar-refractivity contribution >= 4 is 44.7 Å². The third-order valence-electron chi connectivity index (χ3n) is 3.23. The third-order valence-corrected chi connectivity index (χ3v) is 3.46. The molecule has 3 heterocycles. The van der Waals surface area contributed by atoms with Gasteiger partial charge in [-0.25, -0.2) is 4.98 Å². The van der Waals surface area contributed by atoms with Crippen LogP contribution in [-0.4, -0.2) is 19.8 Å². The summed E-state index contributed by atoms with van der Waals surface area (Å²) in [7, 11) is 0. The molecular weight excluding hydrogens is 278 g/mol. The maximum absolute atomic E-state index is 11.3. The fraction of sp³-hybridized carbons (Fsp3) is 0. The van der Waals surface area contributed by atoms with Gasteiger partial charge in [-0.1, -0.05) is 16.8 Å². The Morgan fingerprint density at radius 2 is 2.10 bits per heavy atom. The van der Waals surface area contributed by atoms with Crippen LogP contribution in [0.3, 0.4) is 0 Å². The highest BCUT2D eigenvalue weighted by atomic mass is 35.5. The summed E-state index contributed by atoms with van der Waals surface area (Å²) in [5.74, 6) is 0. The lowest BCUT2D eigenvalue weighted by molar-refractivity contribution is 0.846. The van der Waals surface area contributed by atoms with Crippen LogP contribution < -0.4 is 0 Å². The molecule has 96 valence electrons. The highest BCUT2D eigenvalue weighted by Crippen LogP contribution is 2.36. The molecule has 0 radical (unpaired) electrons. The first-order valence-electron chi connectivity index (χ1n) is 5.84. The molecule has 20 heavy (non-hydrogen) atoms. The van der Waals surface area contributed by atoms with Crippen molar-refractivity contribution in [2.45, 2.75) is 0 Å². The van der Waals surface area contributed by atoms with Crippen LogP contribution in [0.5, 0.6) is 0 Å². The minimum Gasteiger partial charge on any atom is -0.236 e. The van der Waals surface area contributed by atoms with E-state index in [-0.39, 0.29) is 0 Å². The van der Waals surface area contributed by atoms with Gasteiger partial charge >= 0.3 is 0 Å². The summed E-state index contributed by atoms with van der Waals surface area (Å²) in [6.45, 7) is 0. The molecule has 0 unspecified atom stereocenters. The summed E-state index contributed by atoms with van der Waals surface area (Å²) in [6, 6.07) is 8.76. The van der Waals surface area contributed by atoms with Gasteiger partial charge in [0.25, 0.3) is 0 Å². The molecule has 4 aromatic rings. The van der Waals surface area contributed by atoms with E-state index < -0.39 is 0 Å². The minimum atomic E-state index is 0.301. The van der Waals surface area contributed by atoms with Crippen LogP contribution in [0.1, 0.15) is 0 Å². The van der Waals surface area contributed by atoms with E-state index in [4.69, 9.17) is 11.6 Å². The summed E-state index contributed by atoms with van der Waals surface area (Å²) in [4.78, 5) is 15.5. The molecule has 3 aromatic heterocycles. The molecule has 0 N–H and O–H groups in total. The molecule has 0 bridgehead atoms. The number of hydrogen-bond donors (Lipinski definition) is 0. The van der Waals surface area contributed by atoms with E-state index >= 15 is 0 Å². The Kier molecular flexibility index (Phi) is 2.22. The zero-order valence-corrected chi connectivity index (χ0v) is 10.7. The van der Waals surface area contributed by atoms with E-state index in [0.717, 1.165) is 5.39 Å². The average molecular weight is 284 g/mol. The molecule has 7 heteroatoms. The number of pyridine rings is 1. The van der Waals surface area contributed by atoms with E-state index in [9.17, 15) is 4.91 Å². The number of nitroso groups, excluding NO2 is 1. The van der Waals surface area contributed by atoms with Gasteiger partial charge in [-0.2, -0.15) is 4.52 Å². The summed E-state index contributed by atoms with van der Waals surface area (Å²) in [5, 5.41) is 13.3. The van der Waals surface area contributed by atoms with Crippen LogP contribution in [-0.2, 0) is 0 Å². The molecule has 0 saturated carbocycles. The Morgan fingerprint density at radius 3 is 2.95 bits per heavy atom. The van der Waals surface area contributed by atoms with E-state index in [0.29, 0.717) is 32.8 Å². The van der Waals surface area contributed by atoms with E-state index in [2.05, 4.69) is 20.5 Å². The van der Waals surface area contributed by atoms with Crippen molar-refractivity contribution in [3.63, 3.8) is 0 Å². The molecule has 0 aliphatic rings. The van der Waals surface area contributed by atoms with Crippen molar-refractivity contribution in [2.24, 2.45) is 5.18 Å². The van der Waals surface area contributed by atoms with Crippen molar-refractivity contribution in [3.05, 3.63) is 46.5 Å². The zero-order chi connectivity index (χ0) is 13.7. The van der Waals surface area contributed by atoms with Crippen LogP contribution in [0, 0.1) is 4.91 Å². The van der Waals surface area contributed by atoms with Crippen molar-refractivity contribution in [1.29, 1.82) is 0 Å². The third kappa shape index (κ3) is 1.36. The van der Waals surface area contributed by atoms with E-state index in [1.165, 1.54) is 4.52 Å². The lowest BCUT2D eigenvalue weighted by Crippen LogP contribution is -1.96. The van der Waals surface area contributed by atoms with Crippen molar-refractivity contribution < 1.29 is 0 Å². The molecule has 0 aliphatic carbocycles. The second-order valence-corrected chi connectivity index (χ2v) is 4.76. The average Bonchev–Trinajstić information content (AvgIpc) is 2.81. The standard InChI is InChI=1S/C13H6ClN5O/c14-7-3-4-10-9(6-7)12-11(17-20)8-2-1-5-15-13(8)19(12)18-16-10/h1-6H. The second-order valence-electron chi connectivity index (χ2n) is 4.33. The molecule has 0 aliphatic heterocycles. The largest absolute Gasteiger partial charge is 0.236 e. The van der Waals surface area contributed by atoms with Crippen LogP contribution in [0.2, 0.25) is 5.02 Å². The first kappa shape index (κ1) is 11.2. The Morgan fingerprint density at radius 1 is 1.20 bits per heavy atom. The summed E-state index contributed by atoms with van der Waals surface area (Å²) >= 11 is 6.03. The van der Waals surface area contributed by atoms with Crippen LogP contribution in [0.15, 0.2) is 41.7 Å². The highest BCUT2D eigenvalue weighted by molar-refractivity contribution is 6.31. The van der Waals surface area contributed by atoms with Gasteiger partial charge in [0.2, 0.25) is 0 Å². The van der Waals surface area contributed by atoms with Crippen molar-refractivity contribution in [3.8, 4) is 0 Å². The first-order chi connectivity index (χ1) is 9.79. The molecule has 1 aromatic carbocycles. The molecule has 0 amide bonds. The zero-order valence-electron chi connectivity index (χ0n) is 9.99. The number of fused-ring (bicyclic) bond motifs is 5. The van der Waals surface area contributed by atoms with Crippen LogP contribution in [0.4, 0.5) is 5.69 Å². The van der Waals surface area contributed by atoms with Gasteiger partial charge in [0, 0.05) is 16.6 Å². The smallest absolute Gasteiger partial charge is 0.165 e. The lowest BCUT2D eigenvalue weighted by Gasteiger charge is -2.00. The lowest BCUT2D eigenvalue weighted by atomic mass is 10.2. The van der Waals surface area contributed by atoms with Gasteiger partial charge in [-0.05, 0) is 35.5 Å². The maximum Gasteiger partial charge on any atom is 0.165 e. The predicted octanol–water partition coefficient (Wildman–Crippen LogP) is 3.48. The summed E-state index contributed by atoms with van der Waals surface area (Å²) in [6.07, 6.45) is 1.63. The predicted molar refractivity (Wildman–Crippen MR) is 76.3 cm³/mol. The van der Waals surface area contributed by atoms with Gasteiger partial charge in [0.1, 0.15) is 11.2 Å². The van der Waals surface area contributed by atoms with Crippen molar-refractivity contribution in [1.82, 2.24) is 19.8 Å². The first-order valence-corrected chi connectivity index (χ1v) is 6.22. The van der Waals surface area contributed by atoms with Gasteiger partial charge in [-0.3, -0.25) is 0 Å². The van der Waals surface area contributed by atoms with Crippen molar-refractivity contribution in [2.75, 3.05) is 0 Å². The van der Waals surface area contributed by atoms with Gasteiger partial charge in [-0.15, -0.1) is 10.0 Å². The quantitative estimate of drug-likeness (QED) is 0.501. The Hall–Kier alpha value is -2.60. The number of nitrogens with zero attached hydrogens (tertiary/aromatic N) is 5. The number of hydrogen-bond acceptors (Lipinski definition) is 5. The fourth-order valence-electron chi connectivity index (χ4n) is 2.38. The van der Waals surface area contributed by atoms with Crippen LogP contribution >= 0.6 is 11.6 Å². The molecule has 0 saturated heterocycles. The molecule has 6 nitrogen and oxygen atoms in total. The second kappa shape index (κ2) is 3.94. The van der Waals surface area contributed by atoms with Crippen LogP contribution in [0.25, 0.3) is 27.5 Å². The van der Waals surface area contributed by atoms with Gasteiger partial charge < -0.3 is 0 Å². The summed E-state index contributed by atoms with van der Waals surface area (Å²) < 4.78 is 1.52. The summed E-state index contributed by atoms with van der Waals surface area (Å²) in [5.41, 5.74) is 2.07. The Balaban J connectivity index is 2.38. The van der Waals surface area contributed by atoms with E-state index in [1.54, 1.807) is 36.5 Å². The Labute approximate surface area is 117 Å². The monoisotopic (exact) mass is 283 g/mol. The van der Waals surface area contributed by atoms with E-state index in [1.807, 2.05) is 0 Å². The number of rotatable bonds is 1. The molecule has 0 fully saturated rings. The Bertz CT molecular complexity index is 994. The molecule has 4 rings (SSSR count).